The Labute approximate surface area is 67.6 Å². The minimum Gasteiger partial charge on any atom is -0.389 e. The van der Waals surface area contributed by atoms with Crippen molar-refractivity contribution in [3.8, 4) is 0 Å². The lowest BCUT2D eigenvalue weighted by molar-refractivity contribution is 0.0351. The molecule has 11 heavy (non-hydrogen) atoms. The maximum atomic E-state index is 9.78. The summed E-state index contributed by atoms with van der Waals surface area (Å²) in [6, 6.07) is 0. The topological polar surface area (TPSA) is 29.5 Å². The van der Waals surface area contributed by atoms with Crippen LogP contribution in [0, 0.1) is 5.92 Å². The summed E-state index contributed by atoms with van der Waals surface area (Å²) in [5.74, 6) is 0.506. The monoisotopic (exact) mass is 156 g/mol. The van der Waals surface area contributed by atoms with E-state index in [-0.39, 0.29) is 5.60 Å². The smallest absolute Gasteiger partial charge is 0.0702 e. The van der Waals surface area contributed by atoms with Crippen molar-refractivity contribution in [2.45, 2.75) is 44.3 Å². The third-order valence-electron chi connectivity index (χ3n) is 3.02. The van der Waals surface area contributed by atoms with Gasteiger partial charge in [0.05, 0.1) is 11.7 Å². The van der Waals surface area contributed by atoms with Crippen LogP contribution >= 0.6 is 0 Å². The number of ether oxygens (including phenoxy) is 1. The minimum atomic E-state index is -0.352. The summed E-state index contributed by atoms with van der Waals surface area (Å²) in [6.07, 6.45) is 4.52. The zero-order chi connectivity index (χ0) is 7.90. The van der Waals surface area contributed by atoms with Gasteiger partial charge in [-0.15, -0.1) is 0 Å². The molecule has 1 aliphatic heterocycles. The fourth-order valence-electron chi connectivity index (χ4n) is 1.96. The summed E-state index contributed by atoms with van der Waals surface area (Å²) >= 11 is 0. The second kappa shape index (κ2) is 2.46. The molecule has 1 N–H and O–H groups in total. The van der Waals surface area contributed by atoms with E-state index < -0.39 is 0 Å². The Balaban J connectivity index is 1.81. The lowest BCUT2D eigenvalue weighted by atomic mass is 10.1. The molecule has 0 aromatic carbocycles. The van der Waals surface area contributed by atoms with Crippen molar-refractivity contribution < 1.29 is 9.84 Å². The zero-order valence-corrected chi connectivity index (χ0v) is 7.05. The van der Waals surface area contributed by atoms with Crippen molar-refractivity contribution in [3.63, 3.8) is 0 Å². The molecular formula is C9H16O2. The number of hydrogen-bond donors (Lipinski definition) is 1. The fraction of sp³-hybridized carbons (Fsp3) is 1.00. The second-order valence-electron chi connectivity index (χ2n) is 4.05. The Hall–Kier alpha value is -0.0800. The van der Waals surface area contributed by atoms with Gasteiger partial charge < -0.3 is 9.84 Å². The predicted octanol–water partition coefficient (Wildman–Crippen LogP) is 1.33. The van der Waals surface area contributed by atoms with E-state index in [1.807, 2.05) is 0 Å². The average molecular weight is 156 g/mol. The molecule has 2 fully saturated rings. The average Bonchev–Trinajstić information content (AvgIpc) is 2.43. The van der Waals surface area contributed by atoms with Crippen LogP contribution in [-0.4, -0.2) is 23.4 Å². The molecule has 1 heterocycles. The van der Waals surface area contributed by atoms with Crippen LogP contribution in [0.4, 0.5) is 0 Å². The van der Waals surface area contributed by atoms with Crippen molar-refractivity contribution in [2.24, 2.45) is 5.92 Å². The lowest BCUT2D eigenvalue weighted by Crippen LogP contribution is -2.19. The van der Waals surface area contributed by atoms with Gasteiger partial charge >= 0.3 is 0 Å². The van der Waals surface area contributed by atoms with E-state index in [2.05, 4.69) is 6.92 Å². The van der Waals surface area contributed by atoms with E-state index in [1.54, 1.807) is 0 Å². The first kappa shape index (κ1) is 7.56. The molecule has 2 heteroatoms. The van der Waals surface area contributed by atoms with Gasteiger partial charge in [-0.3, -0.25) is 0 Å². The minimum absolute atomic E-state index is 0.352. The van der Waals surface area contributed by atoms with Crippen molar-refractivity contribution in [1.29, 1.82) is 0 Å². The molecule has 2 rings (SSSR count). The van der Waals surface area contributed by atoms with Crippen LogP contribution in [0.5, 0.6) is 0 Å². The van der Waals surface area contributed by atoms with Crippen LogP contribution in [-0.2, 0) is 4.74 Å². The molecule has 64 valence electrons. The Bertz CT molecular complexity index is 152. The third kappa shape index (κ3) is 1.42. The Morgan fingerprint density at radius 1 is 1.64 bits per heavy atom. The second-order valence-corrected chi connectivity index (χ2v) is 4.05. The van der Waals surface area contributed by atoms with Gasteiger partial charge in [0.2, 0.25) is 0 Å². The standard InChI is InChI=1S/C9H16O2/c1-7-5-9(7,10)6-8-3-2-4-11-8/h7-8,10H,2-6H2,1H3. The van der Waals surface area contributed by atoms with E-state index in [9.17, 15) is 5.11 Å². The molecule has 3 unspecified atom stereocenters. The SMILES string of the molecule is CC1CC1(O)CC1CCCO1. The molecule has 0 spiro atoms. The Kier molecular flexibility index (Phi) is 1.69. The van der Waals surface area contributed by atoms with Crippen LogP contribution in [0.1, 0.15) is 32.6 Å². The zero-order valence-electron chi connectivity index (χ0n) is 7.05. The highest BCUT2D eigenvalue weighted by atomic mass is 16.5. The molecule has 1 aliphatic carbocycles. The van der Waals surface area contributed by atoms with E-state index in [1.165, 1.54) is 6.42 Å². The molecule has 0 aromatic rings. The van der Waals surface area contributed by atoms with Gasteiger partial charge in [0.25, 0.3) is 0 Å². The molecular weight excluding hydrogens is 140 g/mol. The molecule has 3 atom stereocenters. The first-order valence-electron chi connectivity index (χ1n) is 4.55. The molecule has 0 radical (unpaired) electrons. The molecule has 2 nitrogen and oxygen atoms in total. The largest absolute Gasteiger partial charge is 0.389 e. The van der Waals surface area contributed by atoms with Crippen LogP contribution in [0.25, 0.3) is 0 Å². The highest BCUT2D eigenvalue weighted by Crippen LogP contribution is 2.47. The highest BCUT2D eigenvalue weighted by Gasteiger charge is 2.50. The maximum Gasteiger partial charge on any atom is 0.0702 e. The van der Waals surface area contributed by atoms with E-state index in [4.69, 9.17) is 4.74 Å². The maximum absolute atomic E-state index is 9.78. The van der Waals surface area contributed by atoms with Crippen molar-refractivity contribution >= 4 is 0 Å². The predicted molar refractivity (Wildman–Crippen MR) is 42.3 cm³/mol. The first-order chi connectivity index (χ1) is 5.21. The summed E-state index contributed by atoms with van der Waals surface area (Å²) < 4.78 is 5.46. The van der Waals surface area contributed by atoms with Crippen molar-refractivity contribution in [3.05, 3.63) is 0 Å². The van der Waals surface area contributed by atoms with Crippen LogP contribution in [0.15, 0.2) is 0 Å². The van der Waals surface area contributed by atoms with E-state index in [0.717, 1.165) is 25.9 Å². The number of hydrogen-bond acceptors (Lipinski definition) is 2. The van der Waals surface area contributed by atoms with Gasteiger partial charge in [-0.2, -0.15) is 0 Å². The molecule has 0 bridgehead atoms. The molecule has 2 aliphatic rings. The Morgan fingerprint density at radius 3 is 2.82 bits per heavy atom. The summed E-state index contributed by atoms with van der Waals surface area (Å²) in [6.45, 7) is 3.00. The summed E-state index contributed by atoms with van der Waals surface area (Å²) in [7, 11) is 0. The molecule has 0 aromatic heterocycles. The fourth-order valence-corrected chi connectivity index (χ4v) is 1.96. The van der Waals surface area contributed by atoms with Crippen molar-refractivity contribution in [2.75, 3.05) is 6.61 Å². The van der Waals surface area contributed by atoms with Crippen LogP contribution in [0.2, 0.25) is 0 Å². The summed E-state index contributed by atoms with van der Waals surface area (Å²) in [4.78, 5) is 0. The quantitative estimate of drug-likeness (QED) is 0.653. The normalized spacial score (nSPS) is 49.6. The van der Waals surface area contributed by atoms with Crippen molar-refractivity contribution in [1.82, 2.24) is 0 Å². The highest BCUT2D eigenvalue weighted by molar-refractivity contribution is 5.02. The van der Waals surface area contributed by atoms with Gasteiger partial charge in [-0.1, -0.05) is 6.92 Å². The van der Waals surface area contributed by atoms with Crippen LogP contribution in [0.3, 0.4) is 0 Å². The van der Waals surface area contributed by atoms with Gasteiger partial charge in [-0.25, -0.2) is 0 Å². The van der Waals surface area contributed by atoms with Gasteiger partial charge in [0.1, 0.15) is 0 Å². The first-order valence-corrected chi connectivity index (χ1v) is 4.55. The van der Waals surface area contributed by atoms with Gasteiger partial charge in [0.15, 0.2) is 0 Å². The summed E-state index contributed by atoms with van der Waals surface area (Å²) in [5, 5.41) is 9.78. The molecule has 1 saturated carbocycles. The number of aliphatic hydroxyl groups is 1. The van der Waals surface area contributed by atoms with E-state index in [0.29, 0.717) is 12.0 Å². The molecule has 1 saturated heterocycles. The van der Waals surface area contributed by atoms with Crippen LogP contribution < -0.4 is 0 Å². The number of rotatable bonds is 2. The van der Waals surface area contributed by atoms with Gasteiger partial charge in [0, 0.05) is 13.0 Å². The lowest BCUT2D eigenvalue weighted by Gasteiger charge is -2.14. The Morgan fingerprint density at radius 2 is 2.36 bits per heavy atom. The van der Waals surface area contributed by atoms with E-state index >= 15 is 0 Å². The molecule has 0 amide bonds. The van der Waals surface area contributed by atoms with Gasteiger partial charge in [-0.05, 0) is 25.2 Å². The third-order valence-corrected chi connectivity index (χ3v) is 3.02. The summed E-state index contributed by atoms with van der Waals surface area (Å²) in [5.41, 5.74) is -0.352.